The van der Waals surface area contributed by atoms with Gasteiger partial charge in [0.15, 0.2) is 5.82 Å². The van der Waals surface area contributed by atoms with E-state index in [0.29, 0.717) is 28.0 Å². The molecule has 2 aromatic heterocycles. The standard InChI is InChI=1S/C20H17N7O3S/c1-12-3-8-16(19-18(12)14(9-21)10-22-19)25-31(29,30)15-6-4-13(5-7-15)20(28)24-17-11-23-26-27(17)2/h3-8,10-11,22,25H,1-2H3,(H,24,28). The molecule has 0 spiro atoms. The number of H-pyrrole nitrogens is 1. The van der Waals surface area contributed by atoms with Crippen LogP contribution in [0.15, 0.2) is 53.7 Å². The van der Waals surface area contributed by atoms with Crippen molar-refractivity contribution in [1.29, 1.82) is 5.26 Å². The Labute approximate surface area is 177 Å². The summed E-state index contributed by atoms with van der Waals surface area (Å²) in [5.41, 5.74) is 2.43. The van der Waals surface area contributed by atoms with Gasteiger partial charge in [0.05, 0.1) is 27.9 Å². The Morgan fingerprint density at radius 1 is 1.19 bits per heavy atom. The second-order valence-electron chi connectivity index (χ2n) is 6.82. The molecule has 0 bridgehead atoms. The summed E-state index contributed by atoms with van der Waals surface area (Å²) >= 11 is 0. The molecule has 0 saturated carbocycles. The second kappa shape index (κ2) is 7.58. The van der Waals surface area contributed by atoms with E-state index in [1.165, 1.54) is 35.1 Å². The van der Waals surface area contributed by atoms with Crippen molar-refractivity contribution in [2.24, 2.45) is 7.05 Å². The summed E-state index contributed by atoms with van der Waals surface area (Å²) in [6.07, 6.45) is 2.95. The van der Waals surface area contributed by atoms with E-state index in [1.54, 1.807) is 25.4 Å². The number of benzene rings is 2. The number of amides is 1. The van der Waals surface area contributed by atoms with Crippen LogP contribution in [-0.2, 0) is 17.1 Å². The first-order valence-electron chi connectivity index (χ1n) is 9.10. The van der Waals surface area contributed by atoms with Gasteiger partial charge in [0.1, 0.15) is 6.07 Å². The van der Waals surface area contributed by atoms with Crippen LogP contribution >= 0.6 is 0 Å². The van der Waals surface area contributed by atoms with Crippen LogP contribution in [0.25, 0.3) is 10.9 Å². The Hall–Kier alpha value is -4.17. The van der Waals surface area contributed by atoms with Crippen molar-refractivity contribution in [3.63, 3.8) is 0 Å². The third-order valence-corrected chi connectivity index (χ3v) is 6.17. The largest absolute Gasteiger partial charge is 0.358 e. The van der Waals surface area contributed by atoms with Crippen molar-refractivity contribution in [3.05, 3.63) is 65.5 Å². The molecule has 0 atom stereocenters. The Kier molecular flexibility index (Phi) is 4.92. The minimum atomic E-state index is -3.92. The number of rotatable bonds is 5. The number of aromatic nitrogens is 4. The molecule has 0 saturated heterocycles. The maximum atomic E-state index is 12.9. The summed E-state index contributed by atoms with van der Waals surface area (Å²) < 4.78 is 29.7. The fourth-order valence-corrected chi connectivity index (χ4v) is 4.25. The summed E-state index contributed by atoms with van der Waals surface area (Å²) in [5.74, 6) is -0.00703. The minimum absolute atomic E-state index is 0.00737. The lowest BCUT2D eigenvalue weighted by Gasteiger charge is -2.11. The molecule has 10 nitrogen and oxygen atoms in total. The molecular weight excluding hydrogens is 418 g/mol. The number of nitriles is 1. The van der Waals surface area contributed by atoms with Gasteiger partial charge in [-0.15, -0.1) is 5.10 Å². The number of hydrogen-bond donors (Lipinski definition) is 3. The first kappa shape index (κ1) is 20.1. The SMILES string of the molecule is Cc1ccc(NS(=O)(=O)c2ccc(C(=O)Nc3cnnn3C)cc2)c2[nH]cc(C#N)c12. The third kappa shape index (κ3) is 3.72. The maximum absolute atomic E-state index is 12.9. The van der Waals surface area contributed by atoms with Gasteiger partial charge in [-0.05, 0) is 42.8 Å². The molecule has 3 N–H and O–H groups in total. The molecular formula is C20H17N7O3S. The molecule has 4 aromatic rings. The predicted molar refractivity (Wildman–Crippen MR) is 114 cm³/mol. The van der Waals surface area contributed by atoms with Crippen molar-refractivity contribution >= 4 is 38.3 Å². The fraction of sp³-hybridized carbons (Fsp3) is 0.100. The van der Waals surface area contributed by atoms with Crippen LogP contribution < -0.4 is 10.0 Å². The van der Waals surface area contributed by atoms with Crippen LogP contribution in [0, 0.1) is 18.3 Å². The summed E-state index contributed by atoms with van der Waals surface area (Å²) in [6, 6.07) is 11.0. The van der Waals surface area contributed by atoms with Crippen LogP contribution in [0.2, 0.25) is 0 Å². The molecule has 1 amide bonds. The summed E-state index contributed by atoms with van der Waals surface area (Å²) in [7, 11) is -2.29. The van der Waals surface area contributed by atoms with Crippen LogP contribution in [0.5, 0.6) is 0 Å². The van der Waals surface area contributed by atoms with Gasteiger partial charge in [0, 0.05) is 24.2 Å². The normalized spacial score (nSPS) is 11.3. The molecule has 2 heterocycles. The summed E-state index contributed by atoms with van der Waals surface area (Å²) in [4.78, 5) is 15.3. The maximum Gasteiger partial charge on any atom is 0.261 e. The van der Waals surface area contributed by atoms with E-state index in [9.17, 15) is 18.5 Å². The number of carbonyl (C=O) groups is 1. The summed E-state index contributed by atoms with van der Waals surface area (Å²) in [6.45, 7) is 1.85. The highest BCUT2D eigenvalue weighted by atomic mass is 32.2. The fourth-order valence-electron chi connectivity index (χ4n) is 3.17. The zero-order valence-corrected chi connectivity index (χ0v) is 17.4. The van der Waals surface area contributed by atoms with E-state index >= 15 is 0 Å². The number of fused-ring (bicyclic) bond motifs is 1. The molecule has 2 aromatic carbocycles. The first-order valence-corrected chi connectivity index (χ1v) is 10.6. The van der Waals surface area contributed by atoms with E-state index in [-0.39, 0.29) is 10.5 Å². The van der Waals surface area contributed by atoms with E-state index in [0.717, 1.165) is 5.56 Å². The minimum Gasteiger partial charge on any atom is -0.358 e. The molecule has 11 heteroatoms. The quantitative estimate of drug-likeness (QED) is 0.439. The lowest BCUT2D eigenvalue weighted by Crippen LogP contribution is -2.16. The van der Waals surface area contributed by atoms with Gasteiger partial charge in [0.25, 0.3) is 15.9 Å². The molecule has 0 aliphatic carbocycles. The number of hydrogen-bond acceptors (Lipinski definition) is 6. The van der Waals surface area contributed by atoms with E-state index in [2.05, 4.69) is 31.4 Å². The highest BCUT2D eigenvalue weighted by Gasteiger charge is 2.19. The number of sulfonamides is 1. The molecule has 0 aliphatic heterocycles. The molecule has 0 fully saturated rings. The second-order valence-corrected chi connectivity index (χ2v) is 8.50. The van der Waals surface area contributed by atoms with Gasteiger partial charge in [0.2, 0.25) is 0 Å². The van der Waals surface area contributed by atoms with Gasteiger partial charge in [-0.3, -0.25) is 9.52 Å². The van der Waals surface area contributed by atoms with Crippen molar-refractivity contribution in [2.75, 3.05) is 10.0 Å². The van der Waals surface area contributed by atoms with Crippen molar-refractivity contribution in [3.8, 4) is 6.07 Å². The van der Waals surface area contributed by atoms with E-state index in [1.807, 2.05) is 6.92 Å². The van der Waals surface area contributed by atoms with Crippen molar-refractivity contribution < 1.29 is 13.2 Å². The topological polar surface area (TPSA) is 146 Å². The number of aryl methyl sites for hydroxylation is 2. The molecule has 0 aliphatic rings. The lowest BCUT2D eigenvalue weighted by molar-refractivity contribution is 0.102. The van der Waals surface area contributed by atoms with Gasteiger partial charge >= 0.3 is 0 Å². The molecule has 0 radical (unpaired) electrons. The smallest absolute Gasteiger partial charge is 0.261 e. The number of carbonyl (C=O) groups excluding carboxylic acids is 1. The van der Waals surface area contributed by atoms with Gasteiger partial charge < -0.3 is 10.3 Å². The Morgan fingerprint density at radius 2 is 1.94 bits per heavy atom. The van der Waals surface area contributed by atoms with Crippen LogP contribution in [0.3, 0.4) is 0 Å². The molecule has 4 rings (SSSR count). The Bertz CT molecular complexity index is 1440. The van der Waals surface area contributed by atoms with E-state index < -0.39 is 15.9 Å². The third-order valence-electron chi connectivity index (χ3n) is 4.79. The number of nitrogens with zero attached hydrogens (tertiary/aromatic N) is 4. The highest BCUT2D eigenvalue weighted by Crippen LogP contribution is 2.30. The number of aromatic amines is 1. The average Bonchev–Trinajstić information content (AvgIpc) is 3.37. The van der Waals surface area contributed by atoms with E-state index in [4.69, 9.17) is 0 Å². The molecule has 31 heavy (non-hydrogen) atoms. The van der Waals surface area contributed by atoms with Crippen LogP contribution in [0.1, 0.15) is 21.5 Å². The monoisotopic (exact) mass is 435 g/mol. The van der Waals surface area contributed by atoms with Crippen molar-refractivity contribution in [1.82, 2.24) is 20.0 Å². The number of nitrogens with one attached hydrogen (secondary N) is 3. The highest BCUT2D eigenvalue weighted by molar-refractivity contribution is 7.92. The van der Waals surface area contributed by atoms with Gasteiger partial charge in [-0.2, -0.15) is 5.26 Å². The average molecular weight is 435 g/mol. The first-order chi connectivity index (χ1) is 14.8. The zero-order valence-electron chi connectivity index (χ0n) is 16.5. The van der Waals surface area contributed by atoms with Gasteiger partial charge in [-0.1, -0.05) is 11.3 Å². The Morgan fingerprint density at radius 3 is 2.58 bits per heavy atom. The molecule has 156 valence electrons. The molecule has 0 unspecified atom stereocenters. The van der Waals surface area contributed by atoms with Crippen LogP contribution in [0.4, 0.5) is 11.5 Å². The lowest BCUT2D eigenvalue weighted by atomic mass is 10.1. The number of anilines is 2. The zero-order chi connectivity index (χ0) is 22.2. The predicted octanol–water partition coefficient (Wildman–Crippen LogP) is 2.53. The van der Waals surface area contributed by atoms with Crippen molar-refractivity contribution in [2.45, 2.75) is 11.8 Å². The summed E-state index contributed by atoms with van der Waals surface area (Å²) in [5, 5.41) is 20.0. The van der Waals surface area contributed by atoms with Gasteiger partial charge in [-0.25, -0.2) is 13.1 Å². The van der Waals surface area contributed by atoms with Crippen LogP contribution in [-0.4, -0.2) is 34.3 Å². The Balaban J connectivity index is 1.59.